The predicted molar refractivity (Wildman–Crippen MR) is 72.8 cm³/mol. The van der Waals surface area contributed by atoms with Crippen molar-refractivity contribution in [2.24, 2.45) is 5.73 Å². The van der Waals surface area contributed by atoms with Crippen LogP contribution in [0.5, 0.6) is 0 Å². The minimum Gasteiger partial charge on any atom is -0.324 e. The van der Waals surface area contributed by atoms with Crippen LogP contribution in [-0.2, 0) is 0 Å². The van der Waals surface area contributed by atoms with Crippen molar-refractivity contribution in [3.8, 4) is 0 Å². The molecule has 0 aliphatic heterocycles. The molecular weight excluding hydrogens is 308 g/mol. The Hall–Kier alpha value is -0.0600. The van der Waals surface area contributed by atoms with Crippen molar-refractivity contribution in [1.29, 1.82) is 0 Å². The third kappa shape index (κ3) is 3.98. The van der Waals surface area contributed by atoms with Gasteiger partial charge in [-0.05, 0) is 47.6 Å². The third-order valence-electron chi connectivity index (χ3n) is 1.87. The van der Waals surface area contributed by atoms with Gasteiger partial charge in [-0.3, -0.25) is 0 Å². The van der Waals surface area contributed by atoms with Gasteiger partial charge in [0.25, 0.3) is 0 Å². The van der Waals surface area contributed by atoms with E-state index in [-0.39, 0.29) is 18.4 Å². The normalized spacial score (nSPS) is 11.6. The van der Waals surface area contributed by atoms with Crippen LogP contribution in [0.4, 0.5) is 0 Å². The Morgan fingerprint density at radius 2 is 2.07 bits per heavy atom. The zero-order valence-electron chi connectivity index (χ0n) is 8.16. The Morgan fingerprint density at radius 3 is 2.57 bits per heavy atom. The van der Waals surface area contributed by atoms with Crippen LogP contribution in [0.15, 0.2) is 36.4 Å². The highest BCUT2D eigenvalue weighted by atomic mass is 127. The zero-order valence-corrected chi connectivity index (χ0v) is 11.1. The van der Waals surface area contributed by atoms with Gasteiger partial charge in [-0.2, -0.15) is 0 Å². The summed E-state index contributed by atoms with van der Waals surface area (Å²) >= 11 is 2.31. The van der Waals surface area contributed by atoms with Crippen molar-refractivity contribution in [1.82, 2.24) is 0 Å². The van der Waals surface area contributed by atoms with E-state index in [2.05, 4.69) is 41.3 Å². The summed E-state index contributed by atoms with van der Waals surface area (Å²) in [6.07, 6.45) is 0.861. The highest BCUT2D eigenvalue weighted by Crippen LogP contribution is 2.22. The molecule has 0 spiro atoms. The topological polar surface area (TPSA) is 26.0 Å². The Labute approximate surface area is 105 Å². The second-order valence-corrected chi connectivity index (χ2v) is 4.45. The first-order chi connectivity index (χ1) is 6.11. The first-order valence-electron chi connectivity index (χ1n) is 4.25. The Morgan fingerprint density at radius 1 is 1.50 bits per heavy atom. The fourth-order valence-electron chi connectivity index (χ4n) is 1.26. The van der Waals surface area contributed by atoms with Crippen LogP contribution in [0.25, 0.3) is 0 Å². The quantitative estimate of drug-likeness (QED) is 0.666. The molecule has 0 radical (unpaired) electrons. The molecule has 78 valence electrons. The molecule has 0 aliphatic rings. The van der Waals surface area contributed by atoms with Crippen LogP contribution < -0.4 is 5.73 Å². The molecule has 0 heterocycles. The molecule has 0 bridgehead atoms. The van der Waals surface area contributed by atoms with Gasteiger partial charge in [-0.1, -0.05) is 23.8 Å². The van der Waals surface area contributed by atoms with Crippen LogP contribution in [0.1, 0.15) is 24.9 Å². The van der Waals surface area contributed by atoms with Crippen molar-refractivity contribution in [3.05, 3.63) is 45.6 Å². The molecule has 1 nitrogen and oxygen atoms in total. The molecule has 0 saturated carbocycles. The highest BCUT2D eigenvalue weighted by molar-refractivity contribution is 14.1. The fraction of sp³-hybridized carbons (Fsp3) is 0.273. The third-order valence-corrected chi connectivity index (χ3v) is 2.86. The van der Waals surface area contributed by atoms with Crippen molar-refractivity contribution < 1.29 is 0 Å². The molecule has 0 aromatic heterocycles. The number of hydrogen-bond acceptors (Lipinski definition) is 1. The zero-order chi connectivity index (χ0) is 9.84. The molecule has 2 N–H and O–H groups in total. The summed E-state index contributed by atoms with van der Waals surface area (Å²) in [5.74, 6) is 0. The van der Waals surface area contributed by atoms with Gasteiger partial charge in [0.15, 0.2) is 0 Å². The summed E-state index contributed by atoms with van der Waals surface area (Å²) in [5.41, 5.74) is 8.38. The van der Waals surface area contributed by atoms with E-state index in [1.807, 2.05) is 19.1 Å². The maximum absolute atomic E-state index is 6.03. The summed E-state index contributed by atoms with van der Waals surface area (Å²) in [6, 6.07) is 8.29. The lowest BCUT2D eigenvalue weighted by atomic mass is 10.0. The van der Waals surface area contributed by atoms with Crippen LogP contribution in [0.3, 0.4) is 0 Å². The minimum absolute atomic E-state index is 0. The Balaban J connectivity index is 0.00000169. The van der Waals surface area contributed by atoms with Gasteiger partial charge in [-0.15, -0.1) is 19.0 Å². The predicted octanol–water partition coefficient (Wildman–Crippen LogP) is 3.68. The average Bonchev–Trinajstić information content (AvgIpc) is 2.03. The van der Waals surface area contributed by atoms with Crippen LogP contribution >= 0.6 is 35.0 Å². The van der Waals surface area contributed by atoms with E-state index in [4.69, 9.17) is 5.73 Å². The van der Waals surface area contributed by atoms with Crippen LogP contribution in [0, 0.1) is 3.57 Å². The second-order valence-electron chi connectivity index (χ2n) is 3.29. The lowest BCUT2D eigenvalue weighted by Crippen LogP contribution is -2.11. The van der Waals surface area contributed by atoms with Gasteiger partial charge in [0.1, 0.15) is 0 Å². The highest BCUT2D eigenvalue weighted by Gasteiger charge is 2.08. The lowest BCUT2D eigenvalue weighted by Gasteiger charge is -2.13. The second kappa shape index (κ2) is 6.43. The first kappa shape index (κ1) is 13.9. The summed E-state index contributed by atoms with van der Waals surface area (Å²) in [5, 5.41) is 0. The van der Waals surface area contributed by atoms with Gasteiger partial charge >= 0.3 is 0 Å². The standard InChI is InChI=1S/C11H14IN.ClH/c1-8(2)7-11(13)9-5-3-4-6-10(9)12;/h3-6,11H,1,7,13H2,2H3;1H/t11-;/m0./s1. The average molecular weight is 324 g/mol. The van der Waals surface area contributed by atoms with Crippen molar-refractivity contribution in [2.75, 3.05) is 0 Å². The monoisotopic (exact) mass is 323 g/mol. The van der Waals surface area contributed by atoms with Crippen molar-refractivity contribution >= 4 is 35.0 Å². The van der Waals surface area contributed by atoms with Gasteiger partial charge < -0.3 is 5.73 Å². The number of rotatable bonds is 3. The number of benzene rings is 1. The van der Waals surface area contributed by atoms with E-state index in [0.717, 1.165) is 12.0 Å². The van der Waals surface area contributed by atoms with Gasteiger partial charge in [-0.25, -0.2) is 0 Å². The van der Waals surface area contributed by atoms with E-state index < -0.39 is 0 Å². The van der Waals surface area contributed by atoms with E-state index in [1.165, 1.54) is 9.13 Å². The molecule has 1 rings (SSSR count). The molecule has 1 aromatic carbocycles. The van der Waals surface area contributed by atoms with E-state index in [1.54, 1.807) is 0 Å². The maximum Gasteiger partial charge on any atom is 0.0342 e. The van der Waals surface area contributed by atoms with E-state index in [0.29, 0.717) is 0 Å². The van der Waals surface area contributed by atoms with Crippen LogP contribution in [0.2, 0.25) is 0 Å². The Kier molecular flexibility index (Phi) is 6.40. The van der Waals surface area contributed by atoms with Gasteiger partial charge in [0.2, 0.25) is 0 Å². The lowest BCUT2D eigenvalue weighted by molar-refractivity contribution is 0.713. The van der Waals surface area contributed by atoms with Crippen molar-refractivity contribution in [2.45, 2.75) is 19.4 Å². The van der Waals surface area contributed by atoms with Gasteiger partial charge in [0.05, 0.1) is 0 Å². The molecule has 1 atom stereocenters. The SMILES string of the molecule is C=C(C)C[C@H](N)c1ccccc1I.Cl. The summed E-state index contributed by atoms with van der Waals surface area (Å²) in [6.45, 7) is 5.88. The van der Waals surface area contributed by atoms with Crippen molar-refractivity contribution in [3.63, 3.8) is 0 Å². The minimum atomic E-state index is 0. The van der Waals surface area contributed by atoms with Crippen LogP contribution in [-0.4, -0.2) is 0 Å². The van der Waals surface area contributed by atoms with E-state index in [9.17, 15) is 0 Å². The molecular formula is C11H15ClIN. The summed E-state index contributed by atoms with van der Waals surface area (Å²) < 4.78 is 1.23. The number of nitrogens with two attached hydrogens (primary N) is 1. The molecule has 0 saturated heterocycles. The molecule has 0 unspecified atom stereocenters. The molecule has 14 heavy (non-hydrogen) atoms. The molecule has 3 heteroatoms. The largest absolute Gasteiger partial charge is 0.324 e. The smallest absolute Gasteiger partial charge is 0.0342 e. The number of hydrogen-bond donors (Lipinski definition) is 1. The van der Waals surface area contributed by atoms with E-state index >= 15 is 0 Å². The maximum atomic E-state index is 6.03. The molecule has 1 aromatic rings. The molecule has 0 fully saturated rings. The van der Waals surface area contributed by atoms with Gasteiger partial charge in [0, 0.05) is 9.61 Å². The summed E-state index contributed by atoms with van der Waals surface area (Å²) in [4.78, 5) is 0. The molecule has 0 aliphatic carbocycles. The number of halogens is 2. The molecule has 0 amide bonds. The fourth-order valence-corrected chi connectivity index (χ4v) is 2.05. The Bertz CT molecular complexity index is 312. The first-order valence-corrected chi connectivity index (χ1v) is 5.33. The summed E-state index contributed by atoms with van der Waals surface area (Å²) in [7, 11) is 0.